The van der Waals surface area contributed by atoms with Crippen LogP contribution in [0.15, 0.2) is 17.6 Å². The van der Waals surface area contributed by atoms with Gasteiger partial charge in [-0.05, 0) is 36.9 Å². The normalized spacial score (nSPS) is 13.7. The Kier molecular flexibility index (Phi) is 4.82. The van der Waals surface area contributed by atoms with Gasteiger partial charge in [-0.2, -0.15) is 13.2 Å². The van der Waals surface area contributed by atoms with Gasteiger partial charge in [0.05, 0.1) is 6.04 Å². The molecule has 0 saturated heterocycles. The van der Waals surface area contributed by atoms with E-state index < -0.39 is 11.2 Å². The fourth-order valence-electron chi connectivity index (χ4n) is 1.84. The lowest BCUT2D eigenvalue weighted by Crippen LogP contribution is -2.22. The zero-order valence-electron chi connectivity index (χ0n) is 11.1. The highest BCUT2D eigenvalue weighted by Crippen LogP contribution is 2.37. The van der Waals surface area contributed by atoms with Gasteiger partial charge in [0.15, 0.2) is 5.01 Å². The average molecular weight is 320 g/mol. The van der Waals surface area contributed by atoms with Gasteiger partial charge in [0, 0.05) is 16.0 Å². The molecule has 7 heteroatoms. The van der Waals surface area contributed by atoms with Crippen molar-refractivity contribution in [3.8, 4) is 0 Å². The van der Waals surface area contributed by atoms with Crippen molar-refractivity contribution in [2.75, 3.05) is 6.54 Å². The van der Waals surface area contributed by atoms with Gasteiger partial charge in [0.2, 0.25) is 0 Å². The monoisotopic (exact) mass is 320 g/mol. The minimum atomic E-state index is -4.37. The molecule has 2 aromatic rings. The molecular formula is C13H15F3N2S2. The molecule has 0 radical (unpaired) electrons. The summed E-state index contributed by atoms with van der Waals surface area (Å²) in [4.78, 5) is 5.17. The third kappa shape index (κ3) is 3.39. The summed E-state index contributed by atoms with van der Waals surface area (Å²) in [6, 6.07) is 1.77. The fourth-order valence-corrected chi connectivity index (χ4v) is 3.80. The average Bonchev–Trinajstić information content (AvgIpc) is 2.99. The summed E-state index contributed by atoms with van der Waals surface area (Å²) in [7, 11) is 0. The molecule has 1 atom stereocenters. The number of aromatic nitrogens is 1. The maximum Gasteiger partial charge on any atom is 0.443 e. The number of nitrogens with zero attached hydrogens (tertiary/aromatic N) is 1. The molecule has 2 aromatic heterocycles. The second-order valence-electron chi connectivity index (χ2n) is 4.42. The van der Waals surface area contributed by atoms with Gasteiger partial charge in [-0.3, -0.25) is 0 Å². The van der Waals surface area contributed by atoms with Gasteiger partial charge in [-0.1, -0.05) is 6.92 Å². The summed E-state index contributed by atoms with van der Waals surface area (Å²) in [6.45, 7) is 4.75. The maximum absolute atomic E-state index is 12.7. The molecule has 0 aromatic carbocycles. The number of aryl methyl sites for hydroxylation is 1. The molecule has 1 N–H and O–H groups in total. The van der Waals surface area contributed by atoms with E-state index in [1.165, 1.54) is 6.20 Å². The quantitative estimate of drug-likeness (QED) is 0.869. The Balaban J connectivity index is 2.32. The van der Waals surface area contributed by atoms with Crippen molar-refractivity contribution < 1.29 is 13.2 Å². The first-order chi connectivity index (χ1) is 9.43. The first-order valence-corrected chi connectivity index (χ1v) is 7.93. The van der Waals surface area contributed by atoms with Crippen molar-refractivity contribution in [1.29, 1.82) is 0 Å². The van der Waals surface area contributed by atoms with E-state index in [0.717, 1.165) is 23.4 Å². The van der Waals surface area contributed by atoms with Crippen LogP contribution >= 0.6 is 22.7 Å². The minimum absolute atomic E-state index is 0.205. The van der Waals surface area contributed by atoms with E-state index in [4.69, 9.17) is 0 Å². The number of hydrogen-bond donors (Lipinski definition) is 1. The molecule has 110 valence electrons. The Morgan fingerprint density at radius 1 is 1.40 bits per heavy atom. The second kappa shape index (κ2) is 6.24. The van der Waals surface area contributed by atoms with E-state index in [0.29, 0.717) is 16.2 Å². The van der Waals surface area contributed by atoms with E-state index in [9.17, 15) is 13.2 Å². The molecule has 20 heavy (non-hydrogen) atoms. The Bertz CT molecular complexity index is 560. The lowest BCUT2D eigenvalue weighted by Gasteiger charge is -2.16. The Hall–Kier alpha value is -0.920. The van der Waals surface area contributed by atoms with E-state index in [-0.39, 0.29) is 6.04 Å². The summed E-state index contributed by atoms with van der Waals surface area (Å²) in [6.07, 6.45) is -2.12. The van der Waals surface area contributed by atoms with Crippen molar-refractivity contribution in [2.24, 2.45) is 0 Å². The van der Waals surface area contributed by atoms with Crippen LogP contribution in [0, 0.1) is 6.92 Å². The zero-order valence-corrected chi connectivity index (χ0v) is 12.8. The van der Waals surface area contributed by atoms with E-state index >= 15 is 0 Å². The van der Waals surface area contributed by atoms with E-state index in [1.807, 2.05) is 25.3 Å². The predicted octanol–water partition coefficient (Wildman–Crippen LogP) is 4.62. The summed E-state index contributed by atoms with van der Waals surface area (Å²) in [5.74, 6) is 0. The third-order valence-electron chi connectivity index (χ3n) is 2.81. The fraction of sp³-hybridized carbons (Fsp3) is 0.462. The van der Waals surface area contributed by atoms with Crippen LogP contribution in [0.25, 0.3) is 0 Å². The van der Waals surface area contributed by atoms with Crippen LogP contribution < -0.4 is 5.32 Å². The van der Waals surface area contributed by atoms with Crippen LogP contribution in [0.2, 0.25) is 0 Å². The second-order valence-corrected chi connectivity index (χ2v) is 6.43. The van der Waals surface area contributed by atoms with Gasteiger partial charge in [-0.15, -0.1) is 22.7 Å². The standard InChI is InChI=1S/C13H15F3N2S2/c1-3-5-17-10(11-8(2)4-6-19-11)9-7-18-12(20-9)13(14,15)16/h4,6-7,10,17H,3,5H2,1-2H3. The smallest absolute Gasteiger partial charge is 0.305 e. The predicted molar refractivity (Wildman–Crippen MR) is 76.3 cm³/mol. The summed E-state index contributed by atoms with van der Waals surface area (Å²) in [5, 5.41) is 4.48. The number of hydrogen-bond acceptors (Lipinski definition) is 4. The van der Waals surface area contributed by atoms with Crippen LogP contribution in [0.1, 0.15) is 39.7 Å². The molecule has 0 saturated carbocycles. The van der Waals surface area contributed by atoms with Gasteiger partial charge < -0.3 is 5.32 Å². The number of thiazole rings is 1. The molecule has 0 amide bonds. The van der Waals surface area contributed by atoms with Crippen molar-refractivity contribution in [2.45, 2.75) is 32.5 Å². The van der Waals surface area contributed by atoms with Crippen LogP contribution in [-0.4, -0.2) is 11.5 Å². The molecule has 0 fully saturated rings. The highest BCUT2D eigenvalue weighted by Gasteiger charge is 2.35. The number of thiophene rings is 1. The van der Waals surface area contributed by atoms with Crippen molar-refractivity contribution >= 4 is 22.7 Å². The minimum Gasteiger partial charge on any atom is -0.305 e. The molecule has 2 rings (SSSR count). The first-order valence-electron chi connectivity index (χ1n) is 6.23. The van der Waals surface area contributed by atoms with Crippen LogP contribution in [0.3, 0.4) is 0 Å². The van der Waals surface area contributed by atoms with Crippen LogP contribution in [-0.2, 0) is 6.18 Å². The lowest BCUT2D eigenvalue weighted by atomic mass is 10.1. The molecule has 0 aliphatic carbocycles. The van der Waals surface area contributed by atoms with Crippen molar-refractivity contribution in [1.82, 2.24) is 10.3 Å². The Morgan fingerprint density at radius 2 is 2.15 bits per heavy atom. The number of alkyl halides is 3. The highest BCUT2D eigenvalue weighted by molar-refractivity contribution is 7.12. The third-order valence-corrected chi connectivity index (χ3v) is 5.00. The van der Waals surface area contributed by atoms with Crippen LogP contribution in [0.4, 0.5) is 13.2 Å². The van der Waals surface area contributed by atoms with Gasteiger partial charge in [0.25, 0.3) is 0 Å². The topological polar surface area (TPSA) is 24.9 Å². The summed E-state index contributed by atoms with van der Waals surface area (Å²) in [5.41, 5.74) is 1.09. The number of rotatable bonds is 5. The molecule has 1 unspecified atom stereocenters. The molecule has 0 aliphatic heterocycles. The molecule has 2 nitrogen and oxygen atoms in total. The highest BCUT2D eigenvalue weighted by atomic mass is 32.1. The van der Waals surface area contributed by atoms with Gasteiger partial charge in [-0.25, -0.2) is 4.98 Å². The van der Waals surface area contributed by atoms with Crippen LogP contribution in [0.5, 0.6) is 0 Å². The van der Waals surface area contributed by atoms with Gasteiger partial charge in [0.1, 0.15) is 0 Å². The molecular weight excluding hydrogens is 305 g/mol. The lowest BCUT2D eigenvalue weighted by molar-refractivity contribution is -0.137. The summed E-state index contributed by atoms with van der Waals surface area (Å²) < 4.78 is 38.0. The van der Waals surface area contributed by atoms with Crippen molar-refractivity contribution in [3.63, 3.8) is 0 Å². The molecule has 0 bridgehead atoms. The summed E-state index contributed by atoms with van der Waals surface area (Å²) >= 11 is 2.27. The Morgan fingerprint density at radius 3 is 2.65 bits per heavy atom. The number of nitrogens with one attached hydrogen (secondary N) is 1. The SMILES string of the molecule is CCCNC(c1cnc(C(F)(F)F)s1)c1sccc1C. The zero-order chi connectivity index (χ0) is 14.8. The van der Waals surface area contributed by atoms with Gasteiger partial charge >= 0.3 is 6.18 Å². The molecule has 0 spiro atoms. The maximum atomic E-state index is 12.7. The van der Waals surface area contributed by atoms with E-state index in [2.05, 4.69) is 10.3 Å². The number of halogens is 3. The molecule has 0 aliphatic rings. The largest absolute Gasteiger partial charge is 0.443 e. The van der Waals surface area contributed by atoms with Crippen molar-refractivity contribution in [3.05, 3.63) is 38.0 Å². The Labute approximate surface area is 123 Å². The van der Waals surface area contributed by atoms with E-state index in [1.54, 1.807) is 11.3 Å². The molecule has 2 heterocycles. The first kappa shape index (κ1) is 15.5.